The van der Waals surface area contributed by atoms with Crippen molar-refractivity contribution in [2.45, 2.75) is 6.42 Å². The van der Waals surface area contributed by atoms with Crippen LogP contribution in [0, 0.1) is 6.54 Å². The topological polar surface area (TPSA) is 3.24 Å². The molecular formula is C7H10NS. The predicted molar refractivity (Wildman–Crippen MR) is 43.3 cm³/mol. The third-order valence-corrected chi connectivity index (χ3v) is 1.65. The van der Waals surface area contributed by atoms with E-state index in [1.165, 1.54) is 0 Å². The first kappa shape index (κ1) is 6.90. The Morgan fingerprint density at radius 3 is 3.11 bits per heavy atom. The molecule has 1 heterocycles. The van der Waals surface area contributed by atoms with Crippen molar-refractivity contribution in [3.8, 4) is 0 Å². The Kier molecular flexibility index (Phi) is 2.37. The lowest BCUT2D eigenvalue weighted by Gasteiger charge is -2.08. The van der Waals surface area contributed by atoms with Gasteiger partial charge in [0, 0.05) is 18.0 Å². The minimum atomic E-state index is 0.931. The Morgan fingerprint density at radius 1 is 1.89 bits per heavy atom. The molecule has 0 N–H and O–H groups in total. The molecule has 1 saturated heterocycles. The molecule has 0 bridgehead atoms. The van der Waals surface area contributed by atoms with E-state index in [4.69, 9.17) is 12.2 Å². The molecule has 0 amide bonds. The molecule has 0 saturated carbocycles. The van der Waals surface area contributed by atoms with Crippen LogP contribution < -0.4 is 0 Å². The van der Waals surface area contributed by atoms with E-state index in [2.05, 4.69) is 11.5 Å². The van der Waals surface area contributed by atoms with Gasteiger partial charge < -0.3 is 0 Å². The summed E-state index contributed by atoms with van der Waals surface area (Å²) in [6, 6.07) is 0. The second-order valence-electron chi connectivity index (χ2n) is 2.13. The Morgan fingerprint density at radius 2 is 2.67 bits per heavy atom. The fraction of sp³-hybridized carbons (Fsp3) is 0.429. The predicted octanol–water partition coefficient (Wildman–Crippen LogP) is 1.41. The minimum absolute atomic E-state index is 0.931. The molecule has 0 unspecified atom stereocenters. The van der Waals surface area contributed by atoms with Crippen molar-refractivity contribution in [3.05, 3.63) is 19.2 Å². The SMILES string of the molecule is C=CCN1[CH]C(=S)CC1. The average Bonchev–Trinajstić information content (AvgIpc) is 2.17. The van der Waals surface area contributed by atoms with E-state index < -0.39 is 0 Å². The summed E-state index contributed by atoms with van der Waals surface area (Å²) in [7, 11) is 0. The Hall–Kier alpha value is -0.210. The summed E-state index contributed by atoms with van der Waals surface area (Å²) < 4.78 is 0. The second kappa shape index (κ2) is 3.08. The zero-order valence-electron chi connectivity index (χ0n) is 5.34. The van der Waals surface area contributed by atoms with Crippen LogP contribution in [0.3, 0.4) is 0 Å². The van der Waals surface area contributed by atoms with Crippen molar-refractivity contribution in [1.82, 2.24) is 4.90 Å². The molecular weight excluding hydrogens is 130 g/mol. The van der Waals surface area contributed by atoms with Gasteiger partial charge in [0.15, 0.2) is 0 Å². The Labute approximate surface area is 61.4 Å². The van der Waals surface area contributed by atoms with E-state index >= 15 is 0 Å². The van der Waals surface area contributed by atoms with Crippen LogP contribution in [-0.4, -0.2) is 22.9 Å². The van der Waals surface area contributed by atoms with E-state index in [1.807, 2.05) is 12.6 Å². The summed E-state index contributed by atoms with van der Waals surface area (Å²) >= 11 is 4.98. The van der Waals surface area contributed by atoms with Crippen molar-refractivity contribution in [1.29, 1.82) is 0 Å². The normalized spacial score (nSPS) is 20.7. The van der Waals surface area contributed by atoms with Crippen LogP contribution in [0.1, 0.15) is 6.42 Å². The maximum Gasteiger partial charge on any atom is 0.0617 e. The number of rotatable bonds is 2. The fourth-order valence-electron chi connectivity index (χ4n) is 0.896. The zero-order chi connectivity index (χ0) is 6.69. The first-order chi connectivity index (χ1) is 4.33. The van der Waals surface area contributed by atoms with Crippen molar-refractivity contribution in [2.75, 3.05) is 13.1 Å². The Bertz CT molecular complexity index is 131. The lowest BCUT2D eigenvalue weighted by molar-refractivity contribution is 0.432. The number of nitrogens with zero attached hydrogens (tertiary/aromatic N) is 1. The lowest BCUT2D eigenvalue weighted by Crippen LogP contribution is -2.15. The molecule has 0 aromatic heterocycles. The number of likely N-dealkylation sites (tertiary alicyclic amines) is 1. The van der Waals surface area contributed by atoms with Gasteiger partial charge >= 0.3 is 0 Å². The van der Waals surface area contributed by atoms with Gasteiger partial charge in [-0.2, -0.15) is 0 Å². The summed E-state index contributed by atoms with van der Waals surface area (Å²) in [5.41, 5.74) is 0. The molecule has 0 spiro atoms. The molecule has 49 valence electrons. The first-order valence-corrected chi connectivity index (χ1v) is 3.46. The van der Waals surface area contributed by atoms with E-state index in [-0.39, 0.29) is 0 Å². The number of hydrogen-bond acceptors (Lipinski definition) is 2. The standard InChI is InChI=1S/C7H10NS/c1-2-4-8-5-3-7(9)6-8/h2,6H,1,3-5H2. The lowest BCUT2D eigenvalue weighted by atomic mass is 10.4. The first-order valence-electron chi connectivity index (χ1n) is 3.05. The molecule has 1 rings (SSSR count). The molecule has 0 aliphatic carbocycles. The smallest absolute Gasteiger partial charge is 0.0617 e. The quantitative estimate of drug-likeness (QED) is 0.421. The summed E-state index contributed by atoms with van der Waals surface area (Å²) in [5, 5.41) is 0. The van der Waals surface area contributed by atoms with E-state index in [9.17, 15) is 0 Å². The summed E-state index contributed by atoms with van der Waals surface area (Å²) in [6.45, 7) is 7.67. The van der Waals surface area contributed by atoms with Crippen molar-refractivity contribution < 1.29 is 0 Å². The summed E-state index contributed by atoms with van der Waals surface area (Å²) in [4.78, 5) is 3.24. The van der Waals surface area contributed by atoms with Gasteiger partial charge in [-0.3, -0.25) is 4.90 Å². The Balaban J connectivity index is 2.29. The highest BCUT2D eigenvalue weighted by Crippen LogP contribution is 2.09. The fourth-order valence-corrected chi connectivity index (χ4v) is 1.14. The highest BCUT2D eigenvalue weighted by Gasteiger charge is 2.14. The van der Waals surface area contributed by atoms with E-state index in [0.717, 1.165) is 24.4 Å². The molecule has 1 nitrogen and oxygen atoms in total. The average molecular weight is 140 g/mol. The molecule has 1 fully saturated rings. The third-order valence-electron chi connectivity index (χ3n) is 1.34. The van der Waals surface area contributed by atoms with Gasteiger partial charge in [-0.05, 0) is 6.42 Å². The van der Waals surface area contributed by atoms with Gasteiger partial charge in [0.2, 0.25) is 0 Å². The highest BCUT2D eigenvalue weighted by atomic mass is 32.1. The maximum absolute atomic E-state index is 4.98. The van der Waals surface area contributed by atoms with Crippen LogP contribution >= 0.6 is 12.2 Å². The molecule has 1 aliphatic heterocycles. The molecule has 1 radical (unpaired) electrons. The van der Waals surface area contributed by atoms with Gasteiger partial charge in [-0.1, -0.05) is 18.3 Å². The van der Waals surface area contributed by atoms with Gasteiger partial charge in [0.1, 0.15) is 0 Å². The molecule has 9 heavy (non-hydrogen) atoms. The van der Waals surface area contributed by atoms with Gasteiger partial charge in [-0.25, -0.2) is 0 Å². The van der Waals surface area contributed by atoms with Crippen molar-refractivity contribution in [2.24, 2.45) is 0 Å². The largest absolute Gasteiger partial charge is 0.290 e. The van der Waals surface area contributed by atoms with Crippen LogP contribution in [0.5, 0.6) is 0 Å². The van der Waals surface area contributed by atoms with Crippen LogP contribution in [-0.2, 0) is 0 Å². The van der Waals surface area contributed by atoms with Crippen molar-refractivity contribution >= 4 is 17.1 Å². The monoisotopic (exact) mass is 140 g/mol. The molecule has 0 atom stereocenters. The number of hydrogen-bond donors (Lipinski definition) is 0. The second-order valence-corrected chi connectivity index (χ2v) is 2.65. The van der Waals surface area contributed by atoms with Crippen molar-refractivity contribution in [3.63, 3.8) is 0 Å². The third kappa shape index (κ3) is 1.88. The van der Waals surface area contributed by atoms with E-state index in [0.29, 0.717) is 0 Å². The van der Waals surface area contributed by atoms with Crippen LogP contribution in [0.25, 0.3) is 0 Å². The maximum atomic E-state index is 4.98. The minimum Gasteiger partial charge on any atom is -0.290 e. The summed E-state index contributed by atoms with van der Waals surface area (Å²) in [6.07, 6.45) is 2.94. The molecule has 2 heteroatoms. The van der Waals surface area contributed by atoms with Gasteiger partial charge in [0.25, 0.3) is 0 Å². The van der Waals surface area contributed by atoms with Crippen LogP contribution in [0.4, 0.5) is 0 Å². The summed E-state index contributed by atoms with van der Waals surface area (Å²) in [5.74, 6) is 0. The number of thiocarbonyl (C=S) groups is 1. The van der Waals surface area contributed by atoms with Crippen LogP contribution in [0.15, 0.2) is 12.7 Å². The van der Waals surface area contributed by atoms with Crippen LogP contribution in [0.2, 0.25) is 0 Å². The highest BCUT2D eigenvalue weighted by molar-refractivity contribution is 7.80. The molecule has 1 aliphatic rings. The molecule has 0 aromatic carbocycles. The molecule has 0 aromatic rings. The van der Waals surface area contributed by atoms with E-state index in [1.54, 1.807) is 0 Å². The van der Waals surface area contributed by atoms with Gasteiger partial charge in [-0.15, -0.1) is 6.58 Å². The van der Waals surface area contributed by atoms with Gasteiger partial charge in [0.05, 0.1) is 6.54 Å². The zero-order valence-corrected chi connectivity index (χ0v) is 6.16.